The van der Waals surface area contributed by atoms with Gasteiger partial charge in [-0.25, -0.2) is 0 Å². The molecule has 2 nitrogen and oxygen atoms in total. The molecular formula is C13H19NO. The number of carbonyl (C=O) groups is 1. The highest BCUT2D eigenvalue weighted by atomic mass is 16.1. The lowest BCUT2D eigenvalue weighted by atomic mass is 9.94. The third kappa shape index (κ3) is 2.82. The average molecular weight is 205 g/mol. The first-order valence-electron chi connectivity index (χ1n) is 5.61. The molecule has 0 atom stereocenters. The number of benzene rings is 1. The van der Waals surface area contributed by atoms with Gasteiger partial charge in [0.25, 0.3) is 0 Å². The maximum atomic E-state index is 11.3. The minimum Gasteiger partial charge on any atom is -0.366 e. The van der Waals surface area contributed by atoms with Crippen LogP contribution >= 0.6 is 0 Å². The Kier molecular flexibility index (Phi) is 4.35. The molecule has 0 saturated heterocycles. The predicted molar refractivity (Wildman–Crippen MR) is 62.9 cm³/mol. The minimum absolute atomic E-state index is 0.309. The van der Waals surface area contributed by atoms with Crippen LogP contribution in [0.3, 0.4) is 0 Å². The molecule has 2 heteroatoms. The van der Waals surface area contributed by atoms with Gasteiger partial charge in [0.1, 0.15) is 0 Å². The van der Waals surface area contributed by atoms with Gasteiger partial charge < -0.3 is 5.73 Å². The standard InChI is InChI=1S/C13H19NO/c1-3-6-10-8-5-9-12(13(14)15)11(10)7-4-2/h5,8-9H,3-4,6-7H2,1-2H3,(H2,14,15). The van der Waals surface area contributed by atoms with Crippen molar-refractivity contribution in [1.29, 1.82) is 0 Å². The van der Waals surface area contributed by atoms with E-state index < -0.39 is 0 Å². The van der Waals surface area contributed by atoms with Crippen LogP contribution in [0.1, 0.15) is 48.2 Å². The minimum atomic E-state index is -0.309. The zero-order valence-corrected chi connectivity index (χ0v) is 9.55. The number of nitrogens with two attached hydrogens (primary N) is 1. The van der Waals surface area contributed by atoms with Gasteiger partial charge in [-0.15, -0.1) is 0 Å². The molecule has 2 N–H and O–H groups in total. The third-order valence-corrected chi connectivity index (χ3v) is 2.56. The monoisotopic (exact) mass is 205 g/mol. The molecule has 0 spiro atoms. The number of rotatable bonds is 5. The number of amides is 1. The molecule has 0 aromatic heterocycles. The van der Waals surface area contributed by atoms with Gasteiger partial charge in [0.2, 0.25) is 5.91 Å². The topological polar surface area (TPSA) is 43.1 Å². The highest BCUT2D eigenvalue weighted by Crippen LogP contribution is 2.18. The van der Waals surface area contributed by atoms with Crippen molar-refractivity contribution >= 4 is 5.91 Å². The molecule has 0 bridgehead atoms. The zero-order valence-electron chi connectivity index (χ0n) is 9.55. The molecule has 0 unspecified atom stereocenters. The van der Waals surface area contributed by atoms with Crippen LogP contribution in [0.5, 0.6) is 0 Å². The Morgan fingerprint density at radius 1 is 1.20 bits per heavy atom. The van der Waals surface area contributed by atoms with Crippen molar-refractivity contribution in [2.24, 2.45) is 5.73 Å². The predicted octanol–water partition coefficient (Wildman–Crippen LogP) is 2.69. The van der Waals surface area contributed by atoms with Crippen LogP contribution in [0.25, 0.3) is 0 Å². The van der Waals surface area contributed by atoms with Crippen LogP contribution in [0.15, 0.2) is 18.2 Å². The molecule has 82 valence electrons. The van der Waals surface area contributed by atoms with E-state index in [1.807, 2.05) is 12.1 Å². The van der Waals surface area contributed by atoms with Gasteiger partial charge in [-0.3, -0.25) is 4.79 Å². The molecule has 0 aliphatic rings. The first-order valence-corrected chi connectivity index (χ1v) is 5.61. The number of aryl methyl sites for hydroxylation is 1. The molecule has 0 heterocycles. The quantitative estimate of drug-likeness (QED) is 0.789. The highest BCUT2D eigenvalue weighted by Gasteiger charge is 2.10. The second-order valence-corrected chi connectivity index (χ2v) is 3.81. The number of hydrogen-bond acceptors (Lipinski definition) is 1. The normalized spacial score (nSPS) is 10.3. The lowest BCUT2D eigenvalue weighted by Crippen LogP contribution is -2.15. The molecule has 0 fully saturated rings. The van der Waals surface area contributed by atoms with Crippen molar-refractivity contribution in [3.8, 4) is 0 Å². The summed E-state index contributed by atoms with van der Waals surface area (Å²) in [7, 11) is 0. The molecule has 15 heavy (non-hydrogen) atoms. The summed E-state index contributed by atoms with van der Waals surface area (Å²) >= 11 is 0. The summed E-state index contributed by atoms with van der Waals surface area (Å²) < 4.78 is 0. The SMILES string of the molecule is CCCc1cccc(C(N)=O)c1CCC. The summed E-state index contributed by atoms with van der Waals surface area (Å²) in [6.07, 6.45) is 4.10. The lowest BCUT2D eigenvalue weighted by molar-refractivity contribution is 0.0999. The van der Waals surface area contributed by atoms with E-state index in [1.165, 1.54) is 5.56 Å². The molecular weight excluding hydrogens is 186 g/mol. The molecule has 0 aliphatic carbocycles. The van der Waals surface area contributed by atoms with E-state index in [2.05, 4.69) is 19.9 Å². The fourth-order valence-electron chi connectivity index (χ4n) is 1.91. The maximum absolute atomic E-state index is 11.3. The summed E-state index contributed by atoms with van der Waals surface area (Å²) in [6, 6.07) is 5.84. The van der Waals surface area contributed by atoms with Gasteiger partial charge >= 0.3 is 0 Å². The van der Waals surface area contributed by atoms with Crippen LogP contribution in [0.4, 0.5) is 0 Å². The van der Waals surface area contributed by atoms with Crippen LogP contribution in [-0.2, 0) is 12.8 Å². The van der Waals surface area contributed by atoms with E-state index in [0.717, 1.165) is 31.2 Å². The fraction of sp³-hybridized carbons (Fsp3) is 0.462. The number of hydrogen-bond donors (Lipinski definition) is 1. The van der Waals surface area contributed by atoms with E-state index in [1.54, 1.807) is 0 Å². The van der Waals surface area contributed by atoms with Crippen molar-refractivity contribution in [3.63, 3.8) is 0 Å². The second-order valence-electron chi connectivity index (χ2n) is 3.81. The van der Waals surface area contributed by atoms with Crippen LogP contribution in [0, 0.1) is 0 Å². The van der Waals surface area contributed by atoms with Gasteiger partial charge in [-0.05, 0) is 30.0 Å². The Balaban J connectivity index is 3.15. The molecule has 0 aliphatic heterocycles. The van der Waals surface area contributed by atoms with Gasteiger partial charge in [-0.1, -0.05) is 38.8 Å². The summed E-state index contributed by atoms with van der Waals surface area (Å²) in [5.41, 5.74) is 8.49. The molecule has 1 aromatic carbocycles. The molecule has 0 radical (unpaired) electrons. The van der Waals surface area contributed by atoms with E-state index in [-0.39, 0.29) is 5.91 Å². The van der Waals surface area contributed by atoms with Crippen molar-refractivity contribution in [1.82, 2.24) is 0 Å². The Hall–Kier alpha value is -1.31. The Labute approximate surface area is 91.5 Å². The van der Waals surface area contributed by atoms with Crippen molar-refractivity contribution < 1.29 is 4.79 Å². The van der Waals surface area contributed by atoms with E-state index in [9.17, 15) is 4.79 Å². The Morgan fingerprint density at radius 2 is 1.87 bits per heavy atom. The van der Waals surface area contributed by atoms with E-state index in [4.69, 9.17) is 5.73 Å². The van der Waals surface area contributed by atoms with Crippen molar-refractivity contribution in [3.05, 3.63) is 34.9 Å². The summed E-state index contributed by atoms with van der Waals surface area (Å²) in [5, 5.41) is 0. The molecule has 0 saturated carbocycles. The average Bonchev–Trinajstić information content (AvgIpc) is 2.21. The largest absolute Gasteiger partial charge is 0.366 e. The first kappa shape index (κ1) is 11.8. The first-order chi connectivity index (χ1) is 7.20. The van der Waals surface area contributed by atoms with Crippen LogP contribution in [-0.4, -0.2) is 5.91 Å². The highest BCUT2D eigenvalue weighted by molar-refractivity contribution is 5.94. The van der Waals surface area contributed by atoms with Gasteiger partial charge in [-0.2, -0.15) is 0 Å². The zero-order chi connectivity index (χ0) is 11.3. The van der Waals surface area contributed by atoms with Gasteiger partial charge in [0, 0.05) is 5.56 Å². The van der Waals surface area contributed by atoms with E-state index >= 15 is 0 Å². The number of primary amides is 1. The fourth-order valence-corrected chi connectivity index (χ4v) is 1.91. The summed E-state index contributed by atoms with van der Waals surface area (Å²) in [5.74, 6) is -0.309. The van der Waals surface area contributed by atoms with Crippen molar-refractivity contribution in [2.75, 3.05) is 0 Å². The van der Waals surface area contributed by atoms with Crippen LogP contribution in [0.2, 0.25) is 0 Å². The van der Waals surface area contributed by atoms with Gasteiger partial charge in [0.15, 0.2) is 0 Å². The maximum Gasteiger partial charge on any atom is 0.248 e. The summed E-state index contributed by atoms with van der Waals surface area (Å²) in [4.78, 5) is 11.3. The van der Waals surface area contributed by atoms with Crippen molar-refractivity contribution in [2.45, 2.75) is 39.5 Å². The molecule has 1 aromatic rings. The Bertz CT molecular complexity index is 344. The smallest absolute Gasteiger partial charge is 0.248 e. The van der Waals surface area contributed by atoms with E-state index in [0.29, 0.717) is 5.56 Å². The molecule has 1 amide bonds. The second kappa shape index (κ2) is 5.54. The third-order valence-electron chi connectivity index (χ3n) is 2.56. The van der Waals surface area contributed by atoms with Crippen LogP contribution < -0.4 is 5.73 Å². The summed E-state index contributed by atoms with van der Waals surface area (Å²) in [6.45, 7) is 4.26. The number of carbonyl (C=O) groups excluding carboxylic acids is 1. The Morgan fingerprint density at radius 3 is 2.40 bits per heavy atom. The van der Waals surface area contributed by atoms with Gasteiger partial charge in [0.05, 0.1) is 0 Å². The molecule has 1 rings (SSSR count). The lowest BCUT2D eigenvalue weighted by Gasteiger charge is -2.11.